The van der Waals surface area contributed by atoms with Gasteiger partial charge in [-0.25, -0.2) is 0 Å². The molecular weight excluding hydrogens is 294 g/mol. The Kier molecular flexibility index (Phi) is 4.93. The number of anilines is 1. The van der Waals surface area contributed by atoms with Crippen molar-refractivity contribution >= 4 is 46.8 Å². The quantitative estimate of drug-likeness (QED) is 0.498. The van der Waals surface area contributed by atoms with Crippen LogP contribution in [0, 0.1) is 5.41 Å². The van der Waals surface area contributed by atoms with Gasteiger partial charge in [-0.15, -0.1) is 12.4 Å². The molecule has 8 heteroatoms. The summed E-state index contributed by atoms with van der Waals surface area (Å²) >= 11 is 0. The summed E-state index contributed by atoms with van der Waals surface area (Å²) in [7, 11) is 1.43. The Morgan fingerprint density at radius 1 is 1.33 bits per heavy atom. The van der Waals surface area contributed by atoms with E-state index >= 15 is 0 Å². The fourth-order valence-corrected chi connectivity index (χ4v) is 1.82. The molecule has 21 heavy (non-hydrogen) atoms. The zero-order valence-corrected chi connectivity index (χ0v) is 12.4. The SMILES string of the molecule is CC(=O)Nc1ccc2[nH]c(C(=O)N(C)C(=N)N)cc2c1.Cl. The number of benzene rings is 1. The van der Waals surface area contributed by atoms with Crippen LogP contribution < -0.4 is 11.1 Å². The molecule has 1 aromatic heterocycles. The lowest BCUT2D eigenvalue weighted by Gasteiger charge is -2.12. The van der Waals surface area contributed by atoms with Crippen molar-refractivity contribution in [2.24, 2.45) is 5.73 Å². The zero-order valence-electron chi connectivity index (χ0n) is 11.6. The molecule has 0 atom stereocenters. The second-order valence-electron chi connectivity index (χ2n) is 4.42. The van der Waals surface area contributed by atoms with E-state index in [0.717, 1.165) is 15.8 Å². The number of aromatic nitrogens is 1. The van der Waals surface area contributed by atoms with Crippen LogP contribution in [-0.2, 0) is 4.79 Å². The van der Waals surface area contributed by atoms with Gasteiger partial charge in [0.1, 0.15) is 5.69 Å². The second-order valence-corrected chi connectivity index (χ2v) is 4.42. The van der Waals surface area contributed by atoms with Gasteiger partial charge in [0.15, 0.2) is 5.96 Å². The standard InChI is InChI=1S/C13H15N5O2.ClH/c1-7(19)16-9-3-4-10-8(5-9)6-11(17-10)12(20)18(2)13(14)15;/h3-6,17H,1-2H3,(H3,14,15)(H,16,19);1H. The third-order valence-corrected chi connectivity index (χ3v) is 2.84. The maximum Gasteiger partial charge on any atom is 0.276 e. The van der Waals surface area contributed by atoms with Crippen molar-refractivity contribution in [2.75, 3.05) is 12.4 Å². The molecule has 0 aliphatic heterocycles. The number of halogens is 1. The lowest BCUT2D eigenvalue weighted by Crippen LogP contribution is -2.38. The third-order valence-electron chi connectivity index (χ3n) is 2.84. The average Bonchev–Trinajstić information content (AvgIpc) is 2.79. The number of hydrogen-bond acceptors (Lipinski definition) is 3. The molecule has 1 heterocycles. The molecule has 0 radical (unpaired) electrons. The van der Waals surface area contributed by atoms with E-state index in [1.807, 2.05) is 0 Å². The Balaban J connectivity index is 0.00000220. The van der Waals surface area contributed by atoms with Gasteiger partial charge in [0.2, 0.25) is 5.91 Å². The molecule has 112 valence electrons. The number of nitrogens with one attached hydrogen (secondary N) is 3. The molecule has 0 saturated carbocycles. The number of rotatable bonds is 2. The largest absolute Gasteiger partial charge is 0.370 e. The van der Waals surface area contributed by atoms with Gasteiger partial charge < -0.3 is 16.0 Å². The van der Waals surface area contributed by atoms with E-state index < -0.39 is 5.91 Å². The Hall–Kier alpha value is -2.54. The number of hydrogen-bond donors (Lipinski definition) is 4. The molecule has 0 fully saturated rings. The highest BCUT2D eigenvalue weighted by Gasteiger charge is 2.16. The van der Waals surface area contributed by atoms with Gasteiger partial charge in [0.25, 0.3) is 5.91 Å². The number of nitrogens with two attached hydrogens (primary N) is 1. The first-order chi connectivity index (χ1) is 9.38. The minimum Gasteiger partial charge on any atom is -0.370 e. The van der Waals surface area contributed by atoms with Crippen LogP contribution in [-0.4, -0.2) is 34.7 Å². The molecule has 0 aliphatic rings. The zero-order chi connectivity index (χ0) is 14.9. The first kappa shape index (κ1) is 16.5. The summed E-state index contributed by atoms with van der Waals surface area (Å²) in [5.74, 6) is -0.880. The van der Waals surface area contributed by atoms with Gasteiger partial charge in [-0.05, 0) is 24.3 Å². The molecule has 2 aromatic rings. The first-order valence-electron chi connectivity index (χ1n) is 5.91. The summed E-state index contributed by atoms with van der Waals surface area (Å²) in [5.41, 5.74) is 7.02. The predicted molar refractivity (Wildman–Crippen MR) is 83.9 cm³/mol. The number of aromatic amines is 1. The lowest BCUT2D eigenvalue weighted by atomic mass is 10.2. The van der Waals surface area contributed by atoms with Crippen LogP contribution in [0.4, 0.5) is 5.69 Å². The molecule has 0 saturated heterocycles. The topological polar surface area (TPSA) is 115 Å². The Labute approximate surface area is 127 Å². The molecular formula is C13H16ClN5O2. The van der Waals surface area contributed by atoms with Crippen LogP contribution in [0.25, 0.3) is 10.9 Å². The van der Waals surface area contributed by atoms with Gasteiger partial charge in [-0.3, -0.25) is 19.9 Å². The molecule has 0 spiro atoms. The van der Waals surface area contributed by atoms with Crippen molar-refractivity contribution in [2.45, 2.75) is 6.92 Å². The van der Waals surface area contributed by atoms with E-state index in [1.165, 1.54) is 14.0 Å². The van der Waals surface area contributed by atoms with E-state index in [9.17, 15) is 9.59 Å². The molecule has 5 N–H and O–H groups in total. The summed E-state index contributed by atoms with van der Waals surface area (Å²) in [6.45, 7) is 1.43. The molecule has 0 aliphatic carbocycles. The summed E-state index contributed by atoms with van der Waals surface area (Å²) in [5, 5.41) is 10.7. The third kappa shape index (κ3) is 3.51. The van der Waals surface area contributed by atoms with Crippen molar-refractivity contribution in [3.8, 4) is 0 Å². The van der Waals surface area contributed by atoms with Gasteiger partial charge in [-0.1, -0.05) is 0 Å². The van der Waals surface area contributed by atoms with Crippen LogP contribution >= 0.6 is 12.4 Å². The van der Waals surface area contributed by atoms with Crippen molar-refractivity contribution in [3.63, 3.8) is 0 Å². The molecule has 0 unspecified atom stereocenters. The van der Waals surface area contributed by atoms with Crippen molar-refractivity contribution in [1.82, 2.24) is 9.88 Å². The highest BCUT2D eigenvalue weighted by molar-refractivity contribution is 6.06. The number of guanidine groups is 1. The second kappa shape index (κ2) is 6.27. The van der Waals surface area contributed by atoms with E-state index in [0.29, 0.717) is 11.4 Å². The molecule has 2 amide bonds. The van der Waals surface area contributed by atoms with Crippen LogP contribution in [0.15, 0.2) is 24.3 Å². The number of nitrogens with zero attached hydrogens (tertiary/aromatic N) is 1. The van der Waals surface area contributed by atoms with E-state index in [-0.39, 0.29) is 24.3 Å². The van der Waals surface area contributed by atoms with Crippen LogP contribution in [0.1, 0.15) is 17.4 Å². The Bertz CT molecular complexity index is 710. The van der Waals surface area contributed by atoms with E-state index in [2.05, 4.69) is 10.3 Å². The highest BCUT2D eigenvalue weighted by Crippen LogP contribution is 2.20. The van der Waals surface area contributed by atoms with E-state index in [4.69, 9.17) is 11.1 Å². The monoisotopic (exact) mass is 309 g/mol. The first-order valence-corrected chi connectivity index (χ1v) is 5.91. The normalized spacial score (nSPS) is 9.81. The van der Waals surface area contributed by atoms with Gasteiger partial charge in [0, 0.05) is 30.6 Å². The fourth-order valence-electron chi connectivity index (χ4n) is 1.82. The average molecular weight is 310 g/mol. The predicted octanol–water partition coefficient (Wildman–Crippen LogP) is 1.51. The van der Waals surface area contributed by atoms with Crippen molar-refractivity contribution in [3.05, 3.63) is 30.0 Å². The Morgan fingerprint density at radius 3 is 2.57 bits per heavy atom. The van der Waals surface area contributed by atoms with Crippen LogP contribution in [0.2, 0.25) is 0 Å². The summed E-state index contributed by atoms with van der Waals surface area (Å²) in [6.07, 6.45) is 0. The summed E-state index contributed by atoms with van der Waals surface area (Å²) in [4.78, 5) is 27.0. The minimum absolute atomic E-state index is 0. The number of H-pyrrole nitrogens is 1. The van der Waals surface area contributed by atoms with Gasteiger partial charge >= 0.3 is 0 Å². The lowest BCUT2D eigenvalue weighted by molar-refractivity contribution is -0.114. The molecule has 2 rings (SSSR count). The summed E-state index contributed by atoms with van der Waals surface area (Å²) < 4.78 is 0. The fraction of sp³-hybridized carbons (Fsp3) is 0.154. The Morgan fingerprint density at radius 2 is 2.00 bits per heavy atom. The van der Waals surface area contributed by atoms with Gasteiger partial charge in [0.05, 0.1) is 0 Å². The smallest absolute Gasteiger partial charge is 0.276 e. The van der Waals surface area contributed by atoms with Gasteiger partial charge in [-0.2, -0.15) is 0 Å². The molecule has 1 aromatic carbocycles. The van der Waals surface area contributed by atoms with E-state index in [1.54, 1.807) is 24.3 Å². The maximum atomic E-state index is 12.0. The molecule has 0 bridgehead atoms. The van der Waals surface area contributed by atoms with Crippen molar-refractivity contribution < 1.29 is 9.59 Å². The van der Waals surface area contributed by atoms with Crippen LogP contribution in [0.3, 0.4) is 0 Å². The number of fused-ring (bicyclic) bond motifs is 1. The van der Waals surface area contributed by atoms with Crippen molar-refractivity contribution in [1.29, 1.82) is 5.41 Å². The number of carbonyl (C=O) groups excluding carboxylic acids is 2. The maximum absolute atomic E-state index is 12.0. The number of amides is 2. The molecule has 7 nitrogen and oxygen atoms in total. The number of carbonyl (C=O) groups is 2. The summed E-state index contributed by atoms with van der Waals surface area (Å²) in [6, 6.07) is 6.93. The van der Waals surface area contributed by atoms with Crippen LogP contribution in [0.5, 0.6) is 0 Å². The highest BCUT2D eigenvalue weighted by atomic mass is 35.5. The minimum atomic E-state index is -0.394.